The van der Waals surface area contributed by atoms with Gasteiger partial charge >= 0.3 is 0 Å². The Morgan fingerprint density at radius 2 is 0.978 bits per heavy atom. The van der Waals surface area contributed by atoms with Crippen LogP contribution < -0.4 is 4.90 Å². The Kier molecular flexibility index (Phi) is 5.06. The van der Waals surface area contributed by atoms with Gasteiger partial charge in [0.25, 0.3) is 0 Å². The van der Waals surface area contributed by atoms with E-state index >= 15 is 0 Å². The van der Waals surface area contributed by atoms with Crippen LogP contribution in [0.15, 0.2) is 180 Å². The smallest absolute Gasteiger partial charge is 0.160 e. The van der Waals surface area contributed by atoms with Crippen LogP contribution in [0.25, 0.3) is 65.7 Å². The van der Waals surface area contributed by atoms with E-state index in [0.29, 0.717) is 22.1 Å². The van der Waals surface area contributed by atoms with E-state index in [1.54, 1.807) is 0 Å². The third kappa shape index (κ3) is 4.19. The van der Waals surface area contributed by atoms with Gasteiger partial charge in [-0.05, 0) is 68.7 Å². The zero-order chi connectivity index (χ0) is 34.8. The van der Waals surface area contributed by atoms with Crippen molar-refractivity contribution in [3.05, 3.63) is 176 Å². The number of hydrogen-bond donors (Lipinski definition) is 0. The Bertz CT molecular complexity index is 2770. The Morgan fingerprint density at radius 3 is 1.70 bits per heavy atom. The van der Waals surface area contributed by atoms with E-state index in [2.05, 4.69) is 59.5 Å². The number of benzene rings is 8. The lowest BCUT2D eigenvalue weighted by Crippen LogP contribution is -2.10. The first-order chi connectivity index (χ1) is 24.9. The van der Waals surface area contributed by atoms with Gasteiger partial charge in [0.15, 0.2) is 5.58 Å². The molecule has 46 heavy (non-hydrogen) atoms. The van der Waals surface area contributed by atoms with Crippen LogP contribution in [0.2, 0.25) is 0 Å². The maximum absolute atomic E-state index is 8.99. The van der Waals surface area contributed by atoms with Crippen molar-refractivity contribution in [2.45, 2.75) is 0 Å². The summed E-state index contributed by atoms with van der Waals surface area (Å²) in [5.74, 6) is 0. The fourth-order valence-corrected chi connectivity index (χ4v) is 6.70. The second-order valence-corrected chi connectivity index (χ2v) is 11.3. The van der Waals surface area contributed by atoms with Crippen LogP contribution in [0.1, 0.15) is 6.85 Å². The van der Waals surface area contributed by atoms with Crippen molar-refractivity contribution in [2.24, 2.45) is 0 Å². The molecule has 9 aromatic rings. The average Bonchev–Trinajstić information content (AvgIpc) is 3.60. The maximum atomic E-state index is 8.99. The van der Waals surface area contributed by atoms with Crippen molar-refractivity contribution in [2.75, 3.05) is 4.90 Å². The molecule has 0 aliphatic rings. The van der Waals surface area contributed by atoms with Crippen LogP contribution in [0.4, 0.5) is 17.1 Å². The minimum Gasteiger partial charge on any atom is -0.453 e. The second kappa shape index (κ2) is 10.8. The molecule has 2 heteroatoms. The van der Waals surface area contributed by atoms with Gasteiger partial charge in [-0.3, -0.25) is 0 Å². The maximum Gasteiger partial charge on any atom is 0.160 e. The monoisotopic (exact) mass is 592 g/mol. The molecule has 0 aliphatic carbocycles. The molecule has 0 saturated heterocycles. The van der Waals surface area contributed by atoms with E-state index in [1.807, 2.05) is 91.0 Å². The van der Waals surface area contributed by atoms with Crippen LogP contribution in [-0.4, -0.2) is 0 Å². The highest BCUT2D eigenvalue weighted by Crippen LogP contribution is 2.49. The number of nitrogens with zero attached hydrogens (tertiary/aromatic N) is 1. The summed E-state index contributed by atoms with van der Waals surface area (Å²) in [6.07, 6.45) is 0. The summed E-state index contributed by atoms with van der Waals surface area (Å²) in [7, 11) is 0. The lowest BCUT2D eigenvalue weighted by molar-refractivity contribution is 0.673. The van der Waals surface area contributed by atoms with E-state index in [1.165, 1.54) is 0 Å². The summed E-state index contributed by atoms with van der Waals surface area (Å²) in [5, 5.41) is 5.48. The van der Waals surface area contributed by atoms with Crippen molar-refractivity contribution in [3.63, 3.8) is 0 Å². The molecule has 0 unspecified atom stereocenters. The van der Waals surface area contributed by atoms with Gasteiger partial charge in [0, 0.05) is 27.5 Å². The van der Waals surface area contributed by atoms with Crippen molar-refractivity contribution in [1.29, 1.82) is 0 Å². The molecule has 0 amide bonds. The third-order valence-corrected chi connectivity index (χ3v) is 8.73. The van der Waals surface area contributed by atoms with Crippen LogP contribution in [0, 0.1) is 0 Å². The number of rotatable bonds is 5. The first kappa shape index (κ1) is 21.6. The molecular weight excluding hydrogens is 558 g/mol. The fourth-order valence-electron chi connectivity index (χ4n) is 6.70. The first-order valence-corrected chi connectivity index (χ1v) is 15.3. The standard InChI is InChI=1S/C44H29NO/c1-4-14-30(15-5-1)31-24-26-34(27-25-31)45(33-18-8-3-9-19-33)40-29-28-35(32-16-6-2-7-17-32)41-42-38-22-12-10-20-36(38)37-21-11-13-23-39(37)43(42)46-44(40)41/h1-29H/i2D,6D,7D,16D,17D. The van der Waals surface area contributed by atoms with Crippen molar-refractivity contribution in [1.82, 2.24) is 0 Å². The highest BCUT2D eigenvalue weighted by Gasteiger charge is 2.24. The largest absolute Gasteiger partial charge is 0.453 e. The van der Waals surface area contributed by atoms with Gasteiger partial charge in [0.05, 0.1) is 12.5 Å². The zero-order valence-corrected chi connectivity index (χ0v) is 24.7. The van der Waals surface area contributed by atoms with Gasteiger partial charge in [-0.25, -0.2) is 0 Å². The van der Waals surface area contributed by atoms with E-state index in [0.717, 1.165) is 55.1 Å². The number of fused-ring (bicyclic) bond motifs is 8. The third-order valence-electron chi connectivity index (χ3n) is 8.73. The molecular formula is C44H29NO. The van der Waals surface area contributed by atoms with Gasteiger partial charge in [0.1, 0.15) is 5.58 Å². The van der Waals surface area contributed by atoms with Crippen molar-refractivity contribution in [3.8, 4) is 22.3 Å². The number of anilines is 3. The molecule has 1 aromatic heterocycles. The van der Waals surface area contributed by atoms with E-state index in [-0.39, 0.29) is 29.7 Å². The quantitative estimate of drug-likeness (QED) is 0.185. The molecule has 216 valence electrons. The van der Waals surface area contributed by atoms with Gasteiger partial charge < -0.3 is 9.32 Å². The van der Waals surface area contributed by atoms with E-state index < -0.39 is 6.04 Å². The van der Waals surface area contributed by atoms with Crippen molar-refractivity contribution >= 4 is 60.5 Å². The van der Waals surface area contributed by atoms with E-state index in [4.69, 9.17) is 11.3 Å². The second-order valence-electron chi connectivity index (χ2n) is 11.3. The van der Waals surface area contributed by atoms with Crippen molar-refractivity contribution < 1.29 is 11.3 Å². The normalized spacial score (nSPS) is 13.0. The first-order valence-electron chi connectivity index (χ1n) is 17.8. The highest BCUT2D eigenvalue weighted by atomic mass is 16.3. The Hall–Kier alpha value is -6.12. The molecule has 8 aromatic carbocycles. The lowest BCUT2D eigenvalue weighted by Gasteiger charge is -2.26. The van der Waals surface area contributed by atoms with Crippen LogP contribution in [-0.2, 0) is 0 Å². The Labute approximate surface area is 274 Å². The minimum atomic E-state index is -0.427. The molecule has 0 spiro atoms. The summed E-state index contributed by atoms with van der Waals surface area (Å²) >= 11 is 0. The summed E-state index contributed by atoms with van der Waals surface area (Å²) in [6, 6.07) is 47.2. The van der Waals surface area contributed by atoms with Gasteiger partial charge in [-0.2, -0.15) is 0 Å². The number of para-hydroxylation sites is 1. The number of hydrogen-bond acceptors (Lipinski definition) is 2. The zero-order valence-electron chi connectivity index (χ0n) is 29.7. The molecule has 0 saturated carbocycles. The van der Waals surface area contributed by atoms with Gasteiger partial charge in [-0.15, -0.1) is 0 Å². The predicted molar refractivity (Wildman–Crippen MR) is 194 cm³/mol. The molecule has 0 radical (unpaired) electrons. The average molecular weight is 593 g/mol. The molecule has 9 rings (SSSR count). The molecule has 0 atom stereocenters. The van der Waals surface area contributed by atoms with Crippen LogP contribution >= 0.6 is 0 Å². The summed E-state index contributed by atoms with van der Waals surface area (Å²) in [5.41, 5.74) is 6.66. The van der Waals surface area contributed by atoms with E-state index in [9.17, 15) is 0 Å². The SMILES string of the molecule is [2H]c1c([2H])c([2H])c(-c2ccc(N(c3ccccc3)c3ccc(-c4ccccc4)cc3)c3oc4c5ccccc5c5ccccc5c4c23)c([2H])c1[2H]. The topological polar surface area (TPSA) is 16.4 Å². The van der Waals surface area contributed by atoms with Crippen LogP contribution in [0.3, 0.4) is 0 Å². The van der Waals surface area contributed by atoms with Gasteiger partial charge in [-0.1, -0.05) is 145 Å². The Morgan fingerprint density at radius 1 is 0.413 bits per heavy atom. The molecule has 0 bridgehead atoms. The predicted octanol–water partition coefficient (Wildman–Crippen LogP) is 12.7. The highest BCUT2D eigenvalue weighted by molar-refractivity contribution is 6.33. The molecule has 2 nitrogen and oxygen atoms in total. The molecule has 0 aliphatic heterocycles. The van der Waals surface area contributed by atoms with Crippen LogP contribution in [0.5, 0.6) is 0 Å². The summed E-state index contributed by atoms with van der Waals surface area (Å²) in [4.78, 5) is 2.15. The lowest BCUT2D eigenvalue weighted by atomic mass is 9.93. The molecule has 0 fully saturated rings. The molecule has 0 N–H and O–H groups in total. The molecule has 1 heterocycles. The summed E-state index contributed by atoms with van der Waals surface area (Å²) in [6.45, 7) is 0. The van der Waals surface area contributed by atoms with Gasteiger partial charge in [0.2, 0.25) is 0 Å². The minimum absolute atomic E-state index is 0.135. The fraction of sp³-hybridized carbons (Fsp3) is 0. The Balaban J connectivity index is 1.42. The summed E-state index contributed by atoms with van der Waals surface area (Å²) < 4.78 is 50.4. The number of furan rings is 1.